The van der Waals surface area contributed by atoms with Gasteiger partial charge in [-0.05, 0) is 19.3 Å². The first-order valence-electron chi connectivity index (χ1n) is 7.05. The van der Waals surface area contributed by atoms with Gasteiger partial charge in [-0.15, -0.1) is 0 Å². The number of hydrogen-bond donors (Lipinski definition) is 2. The molecule has 0 aliphatic rings. The maximum absolute atomic E-state index is 12.3. The highest BCUT2D eigenvalue weighted by Crippen LogP contribution is 2.25. The third-order valence-corrected chi connectivity index (χ3v) is 4.50. The normalized spacial score (nSPS) is 11.7. The number of carbonyl (C=O) groups is 1. The highest BCUT2D eigenvalue weighted by atomic mass is 35.5. The van der Waals surface area contributed by atoms with Crippen LogP contribution in [0.25, 0.3) is 0 Å². The first kappa shape index (κ1) is 17.0. The number of nitrogens with zero attached hydrogens (tertiary/aromatic N) is 2. The molecule has 1 aromatic heterocycles. The van der Waals surface area contributed by atoms with Gasteiger partial charge in [-0.25, -0.2) is 0 Å². The maximum Gasteiger partial charge on any atom is 0.256 e. The van der Waals surface area contributed by atoms with E-state index in [1.807, 2.05) is 20.8 Å². The molecule has 1 aromatic rings. The average Bonchev–Trinajstić information content (AvgIpc) is 2.76. The zero-order chi connectivity index (χ0) is 15.3. The molecule has 0 saturated heterocycles. The molecule has 0 atom stereocenters. The third kappa shape index (κ3) is 3.33. The monoisotopic (exact) mass is 301 g/mol. The quantitative estimate of drug-likeness (QED) is 0.811. The number of aryl methyl sites for hydroxylation is 2. The van der Waals surface area contributed by atoms with Crippen LogP contribution in [-0.4, -0.2) is 33.9 Å². The van der Waals surface area contributed by atoms with Crippen LogP contribution in [-0.2, 0) is 13.5 Å². The molecule has 0 unspecified atom stereocenters. The number of amides is 1. The summed E-state index contributed by atoms with van der Waals surface area (Å²) in [6.07, 6.45) is 2.26. The zero-order valence-electron chi connectivity index (χ0n) is 12.7. The van der Waals surface area contributed by atoms with E-state index in [1.54, 1.807) is 7.05 Å². The standard InChI is InChI=1S/C14H24ClN3O2/c1-5-10-11(12(15)18(4)17-10)13(20)16-8-14(6-2,7-3)9-19/h19H,5-9H2,1-4H3,(H,16,20). The Kier molecular flexibility index (Phi) is 6.02. The van der Waals surface area contributed by atoms with E-state index in [9.17, 15) is 9.90 Å². The Morgan fingerprint density at radius 1 is 1.40 bits per heavy atom. The van der Waals surface area contributed by atoms with Crippen molar-refractivity contribution in [2.75, 3.05) is 13.2 Å². The molecule has 1 heterocycles. The molecule has 0 radical (unpaired) electrons. The number of aliphatic hydroxyl groups is 1. The van der Waals surface area contributed by atoms with E-state index in [0.717, 1.165) is 12.8 Å². The summed E-state index contributed by atoms with van der Waals surface area (Å²) in [5.41, 5.74) is 0.866. The van der Waals surface area contributed by atoms with Crippen molar-refractivity contribution in [1.82, 2.24) is 15.1 Å². The van der Waals surface area contributed by atoms with Gasteiger partial charge in [0.05, 0.1) is 17.9 Å². The first-order chi connectivity index (χ1) is 9.44. The Hall–Kier alpha value is -1.07. The van der Waals surface area contributed by atoms with Crippen LogP contribution in [0.4, 0.5) is 0 Å². The summed E-state index contributed by atoms with van der Waals surface area (Å²) in [5, 5.41) is 17.0. The lowest BCUT2D eigenvalue weighted by Gasteiger charge is -2.29. The number of aliphatic hydroxyl groups excluding tert-OH is 1. The molecule has 0 bridgehead atoms. The fourth-order valence-corrected chi connectivity index (χ4v) is 2.40. The van der Waals surface area contributed by atoms with E-state index in [1.165, 1.54) is 4.68 Å². The SMILES string of the molecule is CCc1nn(C)c(Cl)c1C(=O)NCC(CC)(CC)CO. The van der Waals surface area contributed by atoms with Gasteiger partial charge in [0.15, 0.2) is 0 Å². The van der Waals surface area contributed by atoms with E-state index in [2.05, 4.69) is 10.4 Å². The van der Waals surface area contributed by atoms with Crippen LogP contribution >= 0.6 is 11.6 Å². The minimum atomic E-state index is -0.267. The van der Waals surface area contributed by atoms with Gasteiger partial charge in [0, 0.05) is 19.0 Å². The number of nitrogens with one attached hydrogen (secondary N) is 1. The van der Waals surface area contributed by atoms with Gasteiger partial charge in [-0.1, -0.05) is 32.4 Å². The lowest BCUT2D eigenvalue weighted by Crippen LogP contribution is -2.39. The minimum Gasteiger partial charge on any atom is -0.396 e. The molecule has 114 valence electrons. The van der Waals surface area contributed by atoms with E-state index in [4.69, 9.17) is 11.6 Å². The Labute approximate surface area is 125 Å². The molecular weight excluding hydrogens is 278 g/mol. The van der Waals surface area contributed by atoms with E-state index in [-0.39, 0.29) is 17.9 Å². The third-order valence-electron chi connectivity index (χ3n) is 4.07. The van der Waals surface area contributed by atoms with E-state index < -0.39 is 0 Å². The van der Waals surface area contributed by atoms with Crippen molar-refractivity contribution in [3.63, 3.8) is 0 Å². The van der Waals surface area contributed by atoms with Crippen molar-refractivity contribution in [3.8, 4) is 0 Å². The van der Waals surface area contributed by atoms with Crippen LogP contribution in [0, 0.1) is 5.41 Å². The fraction of sp³-hybridized carbons (Fsp3) is 0.714. The number of aromatic nitrogens is 2. The van der Waals surface area contributed by atoms with Crippen molar-refractivity contribution in [3.05, 3.63) is 16.4 Å². The summed E-state index contributed by atoms with van der Waals surface area (Å²) in [4.78, 5) is 12.3. The van der Waals surface area contributed by atoms with Crippen LogP contribution in [0.1, 0.15) is 49.7 Å². The molecule has 5 nitrogen and oxygen atoms in total. The van der Waals surface area contributed by atoms with Gasteiger partial charge in [0.25, 0.3) is 5.91 Å². The molecule has 0 spiro atoms. The summed E-state index contributed by atoms with van der Waals surface area (Å²) in [7, 11) is 1.72. The number of carbonyl (C=O) groups excluding carboxylic acids is 1. The summed E-state index contributed by atoms with van der Waals surface area (Å²) < 4.78 is 1.51. The second-order valence-electron chi connectivity index (χ2n) is 5.14. The molecule has 20 heavy (non-hydrogen) atoms. The van der Waals surface area contributed by atoms with Crippen LogP contribution in [0.2, 0.25) is 5.15 Å². The molecule has 2 N–H and O–H groups in total. The second kappa shape index (κ2) is 7.09. The molecule has 0 aromatic carbocycles. The van der Waals surface area contributed by atoms with Crippen molar-refractivity contribution in [2.45, 2.75) is 40.0 Å². The van der Waals surface area contributed by atoms with Crippen molar-refractivity contribution in [1.29, 1.82) is 0 Å². The molecule has 0 saturated carbocycles. The highest BCUT2D eigenvalue weighted by Gasteiger charge is 2.27. The molecule has 0 fully saturated rings. The van der Waals surface area contributed by atoms with Crippen LogP contribution in [0.15, 0.2) is 0 Å². The zero-order valence-corrected chi connectivity index (χ0v) is 13.4. The summed E-state index contributed by atoms with van der Waals surface area (Å²) in [6, 6.07) is 0. The van der Waals surface area contributed by atoms with Gasteiger partial charge in [0.1, 0.15) is 5.15 Å². The number of hydrogen-bond acceptors (Lipinski definition) is 3. The van der Waals surface area contributed by atoms with Gasteiger partial charge < -0.3 is 10.4 Å². The van der Waals surface area contributed by atoms with Crippen LogP contribution < -0.4 is 5.32 Å². The first-order valence-corrected chi connectivity index (χ1v) is 7.42. The summed E-state index contributed by atoms with van der Waals surface area (Å²) >= 11 is 6.13. The van der Waals surface area contributed by atoms with Gasteiger partial charge in [0.2, 0.25) is 0 Å². The number of rotatable bonds is 7. The summed E-state index contributed by atoms with van der Waals surface area (Å²) in [5.74, 6) is -0.223. The van der Waals surface area contributed by atoms with E-state index >= 15 is 0 Å². The van der Waals surface area contributed by atoms with Gasteiger partial charge in [-0.3, -0.25) is 9.48 Å². The molecule has 1 rings (SSSR count). The van der Waals surface area contributed by atoms with Gasteiger partial charge >= 0.3 is 0 Å². The Morgan fingerprint density at radius 2 is 2.00 bits per heavy atom. The molecule has 0 aliphatic heterocycles. The molecular formula is C14H24ClN3O2. The lowest BCUT2D eigenvalue weighted by molar-refractivity contribution is 0.0850. The molecule has 0 aliphatic carbocycles. The van der Waals surface area contributed by atoms with Gasteiger partial charge in [-0.2, -0.15) is 5.10 Å². The van der Waals surface area contributed by atoms with Crippen LogP contribution in [0.3, 0.4) is 0 Å². The number of halogens is 1. The Balaban J connectivity index is 2.87. The topological polar surface area (TPSA) is 67.2 Å². The smallest absolute Gasteiger partial charge is 0.256 e. The second-order valence-corrected chi connectivity index (χ2v) is 5.50. The predicted octanol–water partition coefficient (Wildman–Crippen LogP) is 2.16. The fourth-order valence-electron chi connectivity index (χ4n) is 2.16. The average molecular weight is 302 g/mol. The maximum atomic E-state index is 12.3. The Morgan fingerprint density at radius 3 is 2.45 bits per heavy atom. The largest absolute Gasteiger partial charge is 0.396 e. The minimum absolute atomic E-state index is 0.0572. The predicted molar refractivity (Wildman–Crippen MR) is 80.0 cm³/mol. The van der Waals surface area contributed by atoms with Crippen molar-refractivity contribution in [2.24, 2.45) is 12.5 Å². The van der Waals surface area contributed by atoms with E-state index in [0.29, 0.717) is 29.4 Å². The van der Waals surface area contributed by atoms with Crippen molar-refractivity contribution < 1.29 is 9.90 Å². The lowest BCUT2D eigenvalue weighted by atomic mass is 9.83. The molecule has 1 amide bonds. The van der Waals surface area contributed by atoms with Crippen molar-refractivity contribution >= 4 is 17.5 Å². The highest BCUT2D eigenvalue weighted by molar-refractivity contribution is 6.33. The van der Waals surface area contributed by atoms with Crippen LogP contribution in [0.5, 0.6) is 0 Å². The summed E-state index contributed by atoms with van der Waals surface area (Å²) in [6.45, 7) is 6.46. The Bertz CT molecular complexity index is 459. The molecule has 6 heteroatoms.